The van der Waals surface area contributed by atoms with Gasteiger partial charge in [-0.1, -0.05) is 54.1 Å². The van der Waals surface area contributed by atoms with Crippen molar-refractivity contribution in [3.8, 4) is 0 Å². The normalized spacial score (nSPS) is 12.5. The van der Waals surface area contributed by atoms with Crippen LogP contribution in [0.2, 0.25) is 5.02 Å². The SMILES string of the molecule is NC(=NC(=O)C(NC(=O)c1ccc2[nH]ncc2c1)c1ccc(Cl)cc1)c1ccccc1. The number of benzene rings is 3. The summed E-state index contributed by atoms with van der Waals surface area (Å²) in [6.07, 6.45) is 1.62. The summed E-state index contributed by atoms with van der Waals surface area (Å²) < 4.78 is 0. The van der Waals surface area contributed by atoms with Crippen molar-refractivity contribution in [3.63, 3.8) is 0 Å². The van der Waals surface area contributed by atoms with Crippen molar-refractivity contribution in [1.29, 1.82) is 0 Å². The molecule has 0 aliphatic carbocycles. The third-order valence-corrected chi connectivity index (χ3v) is 4.98. The van der Waals surface area contributed by atoms with Crippen LogP contribution in [-0.2, 0) is 4.79 Å². The fourth-order valence-electron chi connectivity index (χ4n) is 3.10. The number of nitrogens with one attached hydrogen (secondary N) is 2. The molecule has 4 N–H and O–H groups in total. The molecule has 0 spiro atoms. The summed E-state index contributed by atoms with van der Waals surface area (Å²) in [4.78, 5) is 30.0. The Kier molecular flexibility index (Phi) is 5.77. The van der Waals surface area contributed by atoms with Crippen molar-refractivity contribution in [1.82, 2.24) is 15.5 Å². The maximum absolute atomic E-state index is 13.0. The number of nitrogens with two attached hydrogens (primary N) is 1. The van der Waals surface area contributed by atoms with Gasteiger partial charge in [-0.2, -0.15) is 10.1 Å². The van der Waals surface area contributed by atoms with Crippen LogP contribution in [0.25, 0.3) is 10.9 Å². The number of carbonyl (C=O) groups is 2. The Bertz CT molecular complexity index is 1270. The minimum absolute atomic E-state index is 0.0682. The summed E-state index contributed by atoms with van der Waals surface area (Å²) in [6, 6.07) is 19.6. The fourth-order valence-corrected chi connectivity index (χ4v) is 3.22. The first-order chi connectivity index (χ1) is 15.0. The largest absolute Gasteiger partial charge is 0.383 e. The highest BCUT2D eigenvalue weighted by atomic mass is 35.5. The number of hydrogen-bond acceptors (Lipinski definition) is 3. The third kappa shape index (κ3) is 4.62. The Morgan fingerprint density at radius 1 is 1.00 bits per heavy atom. The first-order valence-electron chi connectivity index (χ1n) is 9.44. The van der Waals surface area contributed by atoms with Crippen molar-refractivity contribution in [3.05, 3.63) is 101 Å². The maximum Gasteiger partial charge on any atom is 0.274 e. The zero-order valence-corrected chi connectivity index (χ0v) is 17.0. The number of aliphatic imine (C=N–C) groups is 1. The highest BCUT2D eigenvalue weighted by Gasteiger charge is 2.24. The van der Waals surface area contributed by atoms with E-state index < -0.39 is 17.9 Å². The summed E-state index contributed by atoms with van der Waals surface area (Å²) in [5, 5.41) is 10.8. The van der Waals surface area contributed by atoms with Crippen LogP contribution in [0, 0.1) is 0 Å². The second-order valence-corrected chi connectivity index (χ2v) is 7.27. The minimum atomic E-state index is -1.04. The molecule has 1 atom stereocenters. The first-order valence-corrected chi connectivity index (χ1v) is 9.82. The first kappa shape index (κ1) is 20.3. The van der Waals surface area contributed by atoms with E-state index >= 15 is 0 Å². The van der Waals surface area contributed by atoms with Gasteiger partial charge in [-0.05, 0) is 35.9 Å². The van der Waals surface area contributed by atoms with Crippen LogP contribution in [0.1, 0.15) is 27.5 Å². The Balaban J connectivity index is 1.64. The summed E-state index contributed by atoms with van der Waals surface area (Å²) >= 11 is 5.98. The molecule has 0 saturated carbocycles. The van der Waals surface area contributed by atoms with Crippen LogP contribution in [0.3, 0.4) is 0 Å². The molecule has 1 heterocycles. The van der Waals surface area contributed by atoms with Gasteiger partial charge in [-0.15, -0.1) is 0 Å². The lowest BCUT2D eigenvalue weighted by atomic mass is 10.0. The Labute approximate surface area is 182 Å². The zero-order chi connectivity index (χ0) is 21.8. The molecular weight excluding hydrogens is 414 g/mol. The monoisotopic (exact) mass is 431 g/mol. The molecule has 0 fully saturated rings. The molecule has 0 aliphatic rings. The lowest BCUT2D eigenvalue weighted by Crippen LogP contribution is -2.34. The molecule has 154 valence electrons. The van der Waals surface area contributed by atoms with Gasteiger partial charge in [-0.3, -0.25) is 14.7 Å². The van der Waals surface area contributed by atoms with E-state index in [4.69, 9.17) is 17.3 Å². The Morgan fingerprint density at radius 2 is 1.74 bits per heavy atom. The number of aromatic nitrogens is 2. The van der Waals surface area contributed by atoms with Gasteiger partial charge in [0.05, 0.1) is 11.7 Å². The number of amides is 2. The van der Waals surface area contributed by atoms with E-state index in [1.54, 1.807) is 72.9 Å². The molecule has 0 bridgehead atoms. The van der Waals surface area contributed by atoms with Gasteiger partial charge in [0.25, 0.3) is 11.8 Å². The van der Waals surface area contributed by atoms with Gasteiger partial charge in [0.15, 0.2) is 0 Å². The van der Waals surface area contributed by atoms with Crippen molar-refractivity contribution < 1.29 is 9.59 Å². The molecule has 8 heteroatoms. The molecule has 31 heavy (non-hydrogen) atoms. The van der Waals surface area contributed by atoms with E-state index in [2.05, 4.69) is 20.5 Å². The topological polar surface area (TPSA) is 113 Å². The summed E-state index contributed by atoms with van der Waals surface area (Å²) in [5.74, 6) is -0.954. The summed E-state index contributed by atoms with van der Waals surface area (Å²) in [7, 11) is 0. The number of amidine groups is 1. The van der Waals surface area contributed by atoms with Crippen LogP contribution in [0.15, 0.2) is 84.0 Å². The predicted octanol–water partition coefficient (Wildman–Crippen LogP) is 3.62. The fraction of sp³-hybridized carbons (Fsp3) is 0.0435. The second kappa shape index (κ2) is 8.81. The van der Waals surface area contributed by atoms with Gasteiger partial charge in [0, 0.05) is 21.5 Å². The number of H-pyrrole nitrogens is 1. The second-order valence-electron chi connectivity index (χ2n) is 6.83. The number of rotatable bonds is 5. The molecule has 4 aromatic rings. The predicted molar refractivity (Wildman–Crippen MR) is 120 cm³/mol. The van der Waals surface area contributed by atoms with Gasteiger partial charge < -0.3 is 11.1 Å². The van der Waals surface area contributed by atoms with Crippen LogP contribution < -0.4 is 11.1 Å². The van der Waals surface area contributed by atoms with E-state index in [0.29, 0.717) is 21.7 Å². The molecule has 0 aliphatic heterocycles. The van der Waals surface area contributed by atoms with Gasteiger partial charge in [0.2, 0.25) is 0 Å². The molecule has 3 aromatic carbocycles. The maximum atomic E-state index is 13.0. The summed E-state index contributed by atoms with van der Waals surface area (Å²) in [5.41, 5.74) is 8.36. The Morgan fingerprint density at radius 3 is 2.48 bits per heavy atom. The molecular formula is C23H18ClN5O2. The van der Waals surface area contributed by atoms with Crippen LogP contribution in [-0.4, -0.2) is 27.8 Å². The standard InChI is InChI=1S/C23H18ClN5O2/c24-18-9-6-14(7-10-18)20(23(31)28-21(25)15-4-2-1-3-5-15)27-22(30)16-8-11-19-17(12-16)13-26-29-19/h1-13,20H,(H,26,29)(H,27,30)(H2,25,28,31). The van der Waals surface area contributed by atoms with Crippen molar-refractivity contribution in [2.45, 2.75) is 6.04 Å². The van der Waals surface area contributed by atoms with Crippen LogP contribution in [0.5, 0.6) is 0 Å². The number of hydrogen-bond donors (Lipinski definition) is 3. The van der Waals surface area contributed by atoms with Gasteiger partial charge >= 0.3 is 0 Å². The number of nitrogens with zero attached hydrogens (tertiary/aromatic N) is 2. The third-order valence-electron chi connectivity index (χ3n) is 4.73. The number of carbonyl (C=O) groups excluding carboxylic acids is 2. The highest BCUT2D eigenvalue weighted by Crippen LogP contribution is 2.20. The van der Waals surface area contributed by atoms with E-state index in [0.717, 1.165) is 10.9 Å². The quantitative estimate of drug-likeness (QED) is 0.331. The molecule has 1 aromatic heterocycles. The number of fused-ring (bicyclic) bond motifs is 1. The molecule has 0 saturated heterocycles. The highest BCUT2D eigenvalue weighted by molar-refractivity contribution is 6.30. The van der Waals surface area contributed by atoms with Crippen LogP contribution >= 0.6 is 11.6 Å². The van der Waals surface area contributed by atoms with Crippen LogP contribution in [0.4, 0.5) is 0 Å². The molecule has 4 rings (SSSR count). The average molecular weight is 432 g/mol. The van der Waals surface area contributed by atoms with E-state index in [-0.39, 0.29) is 5.84 Å². The average Bonchev–Trinajstić information content (AvgIpc) is 3.26. The van der Waals surface area contributed by atoms with E-state index in [1.165, 1.54) is 0 Å². The number of aromatic amines is 1. The molecule has 2 amide bonds. The number of halogens is 1. The Hall–Kier alpha value is -3.97. The van der Waals surface area contributed by atoms with Crippen molar-refractivity contribution in [2.24, 2.45) is 10.7 Å². The van der Waals surface area contributed by atoms with Gasteiger partial charge in [-0.25, -0.2) is 0 Å². The summed E-state index contributed by atoms with van der Waals surface area (Å²) in [6.45, 7) is 0. The smallest absolute Gasteiger partial charge is 0.274 e. The molecule has 1 unspecified atom stereocenters. The van der Waals surface area contributed by atoms with Gasteiger partial charge in [0.1, 0.15) is 11.9 Å². The zero-order valence-electron chi connectivity index (χ0n) is 16.2. The lowest BCUT2D eigenvalue weighted by Gasteiger charge is -2.17. The molecule has 0 radical (unpaired) electrons. The van der Waals surface area contributed by atoms with E-state index in [1.807, 2.05) is 6.07 Å². The lowest BCUT2D eigenvalue weighted by molar-refractivity contribution is -0.119. The van der Waals surface area contributed by atoms with Crippen molar-refractivity contribution >= 4 is 40.2 Å². The van der Waals surface area contributed by atoms with Crippen molar-refractivity contribution in [2.75, 3.05) is 0 Å². The van der Waals surface area contributed by atoms with E-state index in [9.17, 15) is 9.59 Å². The minimum Gasteiger partial charge on any atom is -0.383 e. The molecule has 7 nitrogen and oxygen atoms in total.